The third-order valence-corrected chi connectivity index (χ3v) is 2.89. The van der Waals surface area contributed by atoms with E-state index in [2.05, 4.69) is 39.1 Å². The first-order chi connectivity index (χ1) is 6.48. The van der Waals surface area contributed by atoms with Crippen LogP contribution in [0.1, 0.15) is 50.3 Å². The highest BCUT2D eigenvalue weighted by Gasteiger charge is 2.26. The molecule has 2 rings (SSSR count). The normalized spacial score (nSPS) is 22.1. The third kappa shape index (κ3) is 1.59. The van der Waals surface area contributed by atoms with Gasteiger partial charge in [0.1, 0.15) is 11.5 Å². The molecule has 1 fully saturated rings. The van der Waals surface area contributed by atoms with Gasteiger partial charge in [-0.1, -0.05) is 20.8 Å². The van der Waals surface area contributed by atoms with Crippen molar-refractivity contribution in [3.8, 4) is 0 Å². The Morgan fingerprint density at radius 2 is 2.07 bits per heavy atom. The van der Waals surface area contributed by atoms with Crippen molar-refractivity contribution >= 4 is 0 Å². The molecular formula is C12H19NO. The summed E-state index contributed by atoms with van der Waals surface area (Å²) in [5.41, 5.74) is 1.47. The van der Waals surface area contributed by atoms with E-state index >= 15 is 0 Å². The maximum absolute atomic E-state index is 5.80. The topological polar surface area (TPSA) is 25.2 Å². The maximum Gasteiger partial charge on any atom is 0.109 e. The number of hydrogen-bond donors (Lipinski definition) is 1. The van der Waals surface area contributed by atoms with Crippen molar-refractivity contribution < 1.29 is 4.42 Å². The van der Waals surface area contributed by atoms with Gasteiger partial charge in [-0.25, -0.2) is 0 Å². The van der Waals surface area contributed by atoms with Gasteiger partial charge in [0.15, 0.2) is 0 Å². The van der Waals surface area contributed by atoms with E-state index in [4.69, 9.17) is 4.42 Å². The van der Waals surface area contributed by atoms with Crippen LogP contribution in [0, 0.1) is 6.92 Å². The molecule has 2 heterocycles. The SMILES string of the molecule is Cc1oc(C(C)(C)C)cc1C1CCN1. The van der Waals surface area contributed by atoms with Gasteiger partial charge in [-0.3, -0.25) is 0 Å². The second kappa shape index (κ2) is 3.13. The van der Waals surface area contributed by atoms with Crippen molar-refractivity contribution in [3.05, 3.63) is 23.2 Å². The van der Waals surface area contributed by atoms with Crippen LogP contribution in [0.4, 0.5) is 0 Å². The minimum Gasteiger partial charge on any atom is -0.465 e. The monoisotopic (exact) mass is 193 g/mol. The molecule has 2 heteroatoms. The van der Waals surface area contributed by atoms with Crippen LogP contribution >= 0.6 is 0 Å². The predicted octanol–water partition coefficient (Wildman–Crippen LogP) is 2.92. The van der Waals surface area contributed by atoms with Crippen molar-refractivity contribution in [1.82, 2.24) is 5.32 Å². The number of nitrogens with one attached hydrogen (secondary N) is 1. The molecule has 0 aliphatic carbocycles. The first-order valence-corrected chi connectivity index (χ1v) is 5.32. The zero-order valence-corrected chi connectivity index (χ0v) is 9.48. The van der Waals surface area contributed by atoms with E-state index in [0.29, 0.717) is 6.04 Å². The fourth-order valence-corrected chi connectivity index (χ4v) is 1.77. The lowest BCUT2D eigenvalue weighted by Gasteiger charge is -2.27. The van der Waals surface area contributed by atoms with E-state index in [0.717, 1.165) is 18.1 Å². The van der Waals surface area contributed by atoms with Crippen LogP contribution in [0.15, 0.2) is 10.5 Å². The summed E-state index contributed by atoms with van der Waals surface area (Å²) in [7, 11) is 0. The maximum atomic E-state index is 5.80. The Morgan fingerprint density at radius 3 is 2.43 bits per heavy atom. The van der Waals surface area contributed by atoms with Crippen LogP contribution in [-0.2, 0) is 5.41 Å². The minimum absolute atomic E-state index is 0.118. The molecule has 0 bridgehead atoms. The zero-order valence-electron chi connectivity index (χ0n) is 9.48. The Hall–Kier alpha value is -0.760. The van der Waals surface area contributed by atoms with Crippen LogP contribution in [0.5, 0.6) is 0 Å². The van der Waals surface area contributed by atoms with Crippen LogP contribution in [0.2, 0.25) is 0 Å². The molecule has 1 saturated heterocycles. The van der Waals surface area contributed by atoms with E-state index < -0.39 is 0 Å². The minimum atomic E-state index is 0.118. The largest absolute Gasteiger partial charge is 0.465 e. The standard InChI is InChI=1S/C12H19NO/c1-8-9(10-5-6-13-10)7-11(14-8)12(2,3)4/h7,10,13H,5-6H2,1-4H3. The van der Waals surface area contributed by atoms with Crippen LogP contribution < -0.4 is 5.32 Å². The summed E-state index contributed by atoms with van der Waals surface area (Å²) in [5.74, 6) is 2.17. The number of aryl methyl sites for hydroxylation is 1. The molecule has 1 aliphatic rings. The molecule has 0 spiro atoms. The Balaban J connectivity index is 2.29. The molecule has 1 atom stereocenters. The highest BCUT2D eigenvalue weighted by atomic mass is 16.3. The molecule has 78 valence electrons. The highest BCUT2D eigenvalue weighted by Crippen LogP contribution is 2.33. The Bertz CT molecular complexity index is 329. The fourth-order valence-electron chi connectivity index (χ4n) is 1.77. The Morgan fingerprint density at radius 1 is 1.43 bits per heavy atom. The van der Waals surface area contributed by atoms with Gasteiger partial charge < -0.3 is 9.73 Å². The van der Waals surface area contributed by atoms with Crippen molar-refractivity contribution in [2.45, 2.75) is 45.6 Å². The average molecular weight is 193 g/mol. The predicted molar refractivity (Wildman–Crippen MR) is 57.5 cm³/mol. The molecule has 1 unspecified atom stereocenters. The second-order valence-electron chi connectivity index (χ2n) is 5.17. The van der Waals surface area contributed by atoms with Gasteiger partial charge >= 0.3 is 0 Å². The lowest BCUT2D eigenvalue weighted by Crippen LogP contribution is -2.35. The second-order valence-corrected chi connectivity index (χ2v) is 5.17. The van der Waals surface area contributed by atoms with Crippen molar-refractivity contribution in [2.24, 2.45) is 0 Å². The molecule has 1 aliphatic heterocycles. The summed E-state index contributed by atoms with van der Waals surface area (Å²) >= 11 is 0. The summed E-state index contributed by atoms with van der Waals surface area (Å²) in [4.78, 5) is 0. The fraction of sp³-hybridized carbons (Fsp3) is 0.667. The van der Waals surface area contributed by atoms with Gasteiger partial charge in [-0.2, -0.15) is 0 Å². The molecule has 14 heavy (non-hydrogen) atoms. The first-order valence-electron chi connectivity index (χ1n) is 5.32. The summed E-state index contributed by atoms with van der Waals surface area (Å²) in [6.45, 7) is 9.75. The summed E-state index contributed by atoms with van der Waals surface area (Å²) in [6, 6.07) is 2.75. The van der Waals surface area contributed by atoms with Gasteiger partial charge in [0, 0.05) is 17.0 Å². The molecule has 1 aromatic rings. The molecule has 0 aromatic carbocycles. The molecule has 1 aromatic heterocycles. The number of furan rings is 1. The summed E-state index contributed by atoms with van der Waals surface area (Å²) in [5, 5.41) is 3.41. The Labute approximate surface area is 85.7 Å². The van der Waals surface area contributed by atoms with Gasteiger partial charge in [0.2, 0.25) is 0 Å². The van der Waals surface area contributed by atoms with Crippen molar-refractivity contribution in [2.75, 3.05) is 6.54 Å². The van der Waals surface area contributed by atoms with Gasteiger partial charge in [-0.15, -0.1) is 0 Å². The molecule has 0 radical (unpaired) electrons. The van der Waals surface area contributed by atoms with E-state index in [-0.39, 0.29) is 5.41 Å². The molecule has 2 nitrogen and oxygen atoms in total. The molecule has 0 saturated carbocycles. The number of rotatable bonds is 1. The van der Waals surface area contributed by atoms with Gasteiger partial charge in [0.25, 0.3) is 0 Å². The smallest absolute Gasteiger partial charge is 0.109 e. The molecule has 0 amide bonds. The third-order valence-electron chi connectivity index (χ3n) is 2.89. The number of hydrogen-bond acceptors (Lipinski definition) is 2. The van der Waals surface area contributed by atoms with E-state index in [1.54, 1.807) is 0 Å². The van der Waals surface area contributed by atoms with Crippen molar-refractivity contribution in [3.63, 3.8) is 0 Å². The zero-order chi connectivity index (χ0) is 10.3. The first kappa shape index (κ1) is 9.78. The molecule has 1 N–H and O–H groups in total. The quantitative estimate of drug-likeness (QED) is 0.742. The van der Waals surface area contributed by atoms with Crippen LogP contribution in [-0.4, -0.2) is 6.54 Å². The lowest BCUT2D eigenvalue weighted by molar-refractivity contribution is 0.368. The summed E-state index contributed by atoms with van der Waals surface area (Å²) in [6.07, 6.45) is 1.24. The van der Waals surface area contributed by atoms with E-state index in [9.17, 15) is 0 Å². The van der Waals surface area contributed by atoms with Gasteiger partial charge in [0.05, 0.1) is 0 Å². The van der Waals surface area contributed by atoms with Crippen LogP contribution in [0.3, 0.4) is 0 Å². The van der Waals surface area contributed by atoms with E-state index in [1.165, 1.54) is 12.0 Å². The highest BCUT2D eigenvalue weighted by molar-refractivity contribution is 5.28. The van der Waals surface area contributed by atoms with Crippen LogP contribution in [0.25, 0.3) is 0 Å². The summed E-state index contributed by atoms with van der Waals surface area (Å²) < 4.78 is 5.80. The van der Waals surface area contributed by atoms with E-state index in [1.807, 2.05) is 0 Å². The lowest BCUT2D eigenvalue weighted by atomic mass is 9.91. The Kier molecular flexibility index (Phi) is 2.18. The van der Waals surface area contributed by atoms with Gasteiger partial charge in [-0.05, 0) is 26.0 Å². The average Bonchev–Trinajstić information content (AvgIpc) is 2.28. The molecular weight excluding hydrogens is 174 g/mol. The van der Waals surface area contributed by atoms with Crippen molar-refractivity contribution in [1.29, 1.82) is 0 Å².